The first kappa shape index (κ1) is 22.7. The summed E-state index contributed by atoms with van der Waals surface area (Å²) in [6.45, 7) is 1.84. The number of halogens is 4. The summed E-state index contributed by atoms with van der Waals surface area (Å²) in [5.41, 5.74) is 1.30. The van der Waals surface area contributed by atoms with E-state index in [1.54, 1.807) is 42.5 Å². The van der Waals surface area contributed by atoms with Crippen LogP contribution in [-0.2, 0) is 10.0 Å². The minimum atomic E-state index is -4.09. The third-order valence-electron chi connectivity index (χ3n) is 4.04. The van der Waals surface area contributed by atoms with Gasteiger partial charge in [0, 0.05) is 5.56 Å². The van der Waals surface area contributed by atoms with Gasteiger partial charge in [0.1, 0.15) is 0 Å². The molecule has 0 aliphatic carbocycles. The van der Waals surface area contributed by atoms with Crippen molar-refractivity contribution in [3.63, 3.8) is 0 Å². The van der Waals surface area contributed by atoms with Gasteiger partial charge in [-0.1, -0.05) is 100 Å². The fourth-order valence-electron chi connectivity index (χ4n) is 2.47. The van der Waals surface area contributed by atoms with E-state index in [0.717, 1.165) is 5.56 Å². The molecule has 3 rings (SSSR count). The molecule has 0 spiro atoms. The SMILES string of the molecule is Cc1ccc(S(=O)(=O)N=C(Nc2c(Cl)c(Cl)c([O-])c(Cl)c2Cl)c2ccccc2)cc1. The predicted octanol–water partition coefficient (Wildman–Crippen LogP) is 5.93. The summed E-state index contributed by atoms with van der Waals surface area (Å²) in [4.78, 5) is 0.00601. The van der Waals surface area contributed by atoms with Crippen molar-refractivity contribution in [2.24, 2.45) is 4.40 Å². The number of aryl methyl sites for hydroxylation is 1. The highest BCUT2D eigenvalue weighted by Crippen LogP contribution is 2.47. The number of nitrogens with zero attached hydrogens (tertiary/aromatic N) is 1. The summed E-state index contributed by atoms with van der Waals surface area (Å²) in [6.07, 6.45) is 0. The maximum Gasteiger partial charge on any atom is 0.284 e. The van der Waals surface area contributed by atoms with E-state index in [1.807, 2.05) is 6.92 Å². The van der Waals surface area contributed by atoms with Gasteiger partial charge in [-0.25, -0.2) is 0 Å². The van der Waals surface area contributed by atoms with Crippen LogP contribution in [0, 0.1) is 6.92 Å². The molecule has 0 amide bonds. The minimum Gasteiger partial charge on any atom is -0.870 e. The van der Waals surface area contributed by atoms with Crippen LogP contribution in [0.5, 0.6) is 5.75 Å². The van der Waals surface area contributed by atoms with Crippen LogP contribution in [0.1, 0.15) is 11.1 Å². The monoisotopic (exact) mass is 501 g/mol. The van der Waals surface area contributed by atoms with Crippen molar-refractivity contribution in [2.45, 2.75) is 11.8 Å². The summed E-state index contributed by atoms with van der Waals surface area (Å²) in [5.74, 6) is -0.810. The lowest BCUT2D eigenvalue weighted by atomic mass is 10.2. The van der Waals surface area contributed by atoms with Gasteiger partial charge in [0.15, 0.2) is 5.84 Å². The Labute approximate surface area is 193 Å². The van der Waals surface area contributed by atoms with Gasteiger partial charge in [-0.15, -0.1) is 4.40 Å². The maximum atomic E-state index is 12.9. The molecule has 0 saturated heterocycles. The van der Waals surface area contributed by atoms with Crippen molar-refractivity contribution in [3.05, 3.63) is 85.8 Å². The standard InChI is InChI=1S/C20H14Cl4N2O3S/c1-11-7-9-13(10-8-11)30(28,29)26-20(12-5-3-2-4-6-12)25-18-14(21)16(23)19(27)17(24)15(18)22/h2-10,27H,1H3,(H,25,26)/p-1. The number of anilines is 1. The third kappa shape index (κ3) is 4.68. The molecular formula is C20H13Cl4N2O3S-. The van der Waals surface area contributed by atoms with Gasteiger partial charge in [0.2, 0.25) is 0 Å². The van der Waals surface area contributed by atoms with Crippen molar-refractivity contribution in [3.8, 4) is 5.75 Å². The second kappa shape index (κ2) is 9.04. The fourth-order valence-corrected chi connectivity index (χ4v) is 4.37. The first-order valence-electron chi connectivity index (χ1n) is 8.39. The molecule has 3 aromatic rings. The average molecular weight is 503 g/mol. The van der Waals surface area contributed by atoms with E-state index in [2.05, 4.69) is 9.71 Å². The smallest absolute Gasteiger partial charge is 0.284 e. The van der Waals surface area contributed by atoms with Crippen LogP contribution in [0.25, 0.3) is 0 Å². The molecule has 30 heavy (non-hydrogen) atoms. The van der Waals surface area contributed by atoms with Crippen LogP contribution in [0.3, 0.4) is 0 Å². The molecule has 0 bridgehead atoms. The number of hydrogen-bond donors (Lipinski definition) is 1. The molecule has 0 saturated carbocycles. The van der Waals surface area contributed by atoms with E-state index in [1.165, 1.54) is 12.1 Å². The van der Waals surface area contributed by atoms with Crippen LogP contribution in [0.4, 0.5) is 5.69 Å². The summed E-state index contributed by atoms with van der Waals surface area (Å²) >= 11 is 24.2. The molecule has 0 aliphatic heterocycles. The maximum absolute atomic E-state index is 12.9. The number of nitrogens with one attached hydrogen (secondary N) is 1. The van der Waals surface area contributed by atoms with Gasteiger partial charge < -0.3 is 10.4 Å². The van der Waals surface area contributed by atoms with E-state index < -0.39 is 15.8 Å². The summed E-state index contributed by atoms with van der Waals surface area (Å²) < 4.78 is 29.7. The van der Waals surface area contributed by atoms with Crippen LogP contribution >= 0.6 is 46.4 Å². The molecule has 0 atom stereocenters. The summed E-state index contributed by atoms with van der Waals surface area (Å²) in [7, 11) is -4.09. The second-order valence-electron chi connectivity index (χ2n) is 6.18. The number of amidine groups is 1. The average Bonchev–Trinajstić information content (AvgIpc) is 2.74. The highest BCUT2D eigenvalue weighted by atomic mass is 35.5. The van der Waals surface area contributed by atoms with Crippen molar-refractivity contribution < 1.29 is 13.5 Å². The number of hydrogen-bond acceptors (Lipinski definition) is 3. The van der Waals surface area contributed by atoms with Gasteiger partial charge in [0.25, 0.3) is 10.0 Å². The normalized spacial score (nSPS) is 12.1. The van der Waals surface area contributed by atoms with Crippen LogP contribution < -0.4 is 10.4 Å². The van der Waals surface area contributed by atoms with E-state index in [4.69, 9.17) is 46.4 Å². The Hall–Kier alpha value is -1.96. The van der Waals surface area contributed by atoms with Gasteiger partial charge in [-0.05, 0) is 19.1 Å². The molecule has 0 aromatic heterocycles. The lowest BCUT2D eigenvalue weighted by molar-refractivity contribution is -0.267. The number of rotatable bonds is 4. The van der Waals surface area contributed by atoms with Crippen molar-refractivity contribution in [1.29, 1.82) is 0 Å². The minimum absolute atomic E-state index is 0.00601. The molecule has 0 unspecified atom stereocenters. The number of benzene rings is 3. The van der Waals surface area contributed by atoms with Crippen molar-refractivity contribution in [1.82, 2.24) is 0 Å². The molecular weight excluding hydrogens is 490 g/mol. The second-order valence-corrected chi connectivity index (χ2v) is 9.30. The highest BCUT2D eigenvalue weighted by Gasteiger charge is 2.20. The Kier molecular flexibility index (Phi) is 6.84. The molecule has 1 N–H and O–H groups in total. The van der Waals surface area contributed by atoms with Gasteiger partial charge in [-0.3, -0.25) is 0 Å². The van der Waals surface area contributed by atoms with Crippen molar-refractivity contribution >= 4 is 68.0 Å². The summed E-state index contributed by atoms with van der Waals surface area (Å²) in [6, 6.07) is 14.7. The van der Waals surface area contributed by atoms with E-state index in [9.17, 15) is 13.5 Å². The molecule has 0 fully saturated rings. The first-order chi connectivity index (χ1) is 14.1. The Morgan fingerprint density at radius 1 is 0.867 bits per heavy atom. The largest absolute Gasteiger partial charge is 0.870 e. The topological polar surface area (TPSA) is 81.6 Å². The molecule has 3 aromatic carbocycles. The zero-order chi connectivity index (χ0) is 22.1. The quantitative estimate of drug-likeness (QED) is 0.272. The Balaban J connectivity index is 2.17. The lowest BCUT2D eigenvalue weighted by Gasteiger charge is -2.20. The highest BCUT2D eigenvalue weighted by molar-refractivity contribution is 7.90. The third-order valence-corrected chi connectivity index (χ3v) is 7.01. The van der Waals surface area contributed by atoms with Gasteiger partial charge in [-0.2, -0.15) is 8.42 Å². The molecule has 10 heteroatoms. The molecule has 0 aliphatic rings. The van der Waals surface area contributed by atoms with Crippen molar-refractivity contribution in [2.75, 3.05) is 5.32 Å². The predicted molar refractivity (Wildman–Crippen MR) is 121 cm³/mol. The zero-order valence-electron chi connectivity index (χ0n) is 15.3. The fraction of sp³-hybridized carbons (Fsp3) is 0.0500. The first-order valence-corrected chi connectivity index (χ1v) is 11.3. The van der Waals surface area contributed by atoms with Crippen LogP contribution in [0.2, 0.25) is 20.1 Å². The Morgan fingerprint density at radius 3 is 1.93 bits per heavy atom. The lowest BCUT2D eigenvalue weighted by Crippen LogP contribution is -2.17. The molecule has 0 radical (unpaired) electrons. The zero-order valence-corrected chi connectivity index (χ0v) is 19.1. The van der Waals surface area contributed by atoms with E-state index >= 15 is 0 Å². The Bertz CT molecular complexity index is 1200. The molecule has 156 valence electrons. The van der Waals surface area contributed by atoms with E-state index in [0.29, 0.717) is 5.56 Å². The van der Waals surface area contributed by atoms with Crippen LogP contribution in [-0.4, -0.2) is 14.3 Å². The molecule has 5 nitrogen and oxygen atoms in total. The van der Waals surface area contributed by atoms with E-state index in [-0.39, 0.29) is 36.5 Å². The summed E-state index contributed by atoms with van der Waals surface area (Å²) in [5, 5.41) is 13.7. The Morgan fingerprint density at radius 2 is 1.40 bits per heavy atom. The molecule has 0 heterocycles. The van der Waals surface area contributed by atoms with Gasteiger partial charge in [0.05, 0.1) is 30.7 Å². The van der Waals surface area contributed by atoms with Gasteiger partial charge >= 0.3 is 0 Å². The van der Waals surface area contributed by atoms with Crippen LogP contribution in [0.15, 0.2) is 63.9 Å². The number of sulfonamides is 1.